The van der Waals surface area contributed by atoms with Crippen LogP contribution in [-0.2, 0) is 21.4 Å². The van der Waals surface area contributed by atoms with Crippen LogP contribution in [0.5, 0.6) is 11.5 Å². The fourth-order valence-electron chi connectivity index (χ4n) is 3.68. The Kier molecular flexibility index (Phi) is 8.89. The van der Waals surface area contributed by atoms with E-state index in [-0.39, 0.29) is 17.3 Å². The molecule has 3 N–H and O–H groups in total. The lowest BCUT2D eigenvalue weighted by atomic mass is 10.1. The van der Waals surface area contributed by atoms with Crippen molar-refractivity contribution in [1.29, 1.82) is 0 Å². The van der Waals surface area contributed by atoms with Gasteiger partial charge in [0, 0.05) is 32.7 Å². The lowest BCUT2D eigenvalue weighted by Crippen LogP contribution is -2.42. The lowest BCUT2D eigenvalue weighted by molar-refractivity contribution is 0.0391. The molecule has 8 nitrogen and oxygen atoms in total. The van der Waals surface area contributed by atoms with Gasteiger partial charge in [0.25, 0.3) is 0 Å². The first-order valence-corrected chi connectivity index (χ1v) is 12.6. The predicted molar refractivity (Wildman–Crippen MR) is 125 cm³/mol. The highest BCUT2D eigenvalue weighted by molar-refractivity contribution is 7.89. The van der Waals surface area contributed by atoms with Gasteiger partial charge in [0.15, 0.2) is 5.75 Å². The largest absolute Gasteiger partial charge is 0.454 e. The Morgan fingerprint density at radius 3 is 2.50 bits per heavy atom. The van der Waals surface area contributed by atoms with Crippen LogP contribution in [0.2, 0.25) is 0 Å². The second kappa shape index (κ2) is 11.6. The van der Waals surface area contributed by atoms with Gasteiger partial charge in [-0.15, -0.1) is 0 Å². The number of aliphatic hydroxyl groups excluding tert-OH is 1. The Morgan fingerprint density at radius 2 is 1.88 bits per heavy atom. The minimum atomic E-state index is -4.09. The number of anilines is 1. The van der Waals surface area contributed by atoms with E-state index in [0.29, 0.717) is 36.8 Å². The van der Waals surface area contributed by atoms with Crippen LogP contribution in [0.1, 0.15) is 25.3 Å². The first kappa shape index (κ1) is 24.5. The van der Waals surface area contributed by atoms with Crippen molar-refractivity contribution in [3.8, 4) is 11.5 Å². The van der Waals surface area contributed by atoms with Gasteiger partial charge in [-0.25, -0.2) is 13.6 Å². The number of primary sulfonamides is 1. The third-order valence-electron chi connectivity index (χ3n) is 5.46. The molecule has 0 saturated carbocycles. The van der Waals surface area contributed by atoms with E-state index in [2.05, 4.69) is 16.7 Å². The fourth-order valence-corrected chi connectivity index (χ4v) is 4.40. The molecule has 0 unspecified atom stereocenters. The smallest absolute Gasteiger partial charge is 0.241 e. The maximum absolute atomic E-state index is 12.5. The minimum absolute atomic E-state index is 0.129. The van der Waals surface area contributed by atoms with E-state index >= 15 is 0 Å². The Bertz CT molecular complexity index is 963. The molecule has 3 rings (SSSR count). The molecule has 1 aliphatic heterocycles. The molecular weight excluding hydrogens is 430 g/mol. The molecule has 0 bridgehead atoms. The number of nitrogens with zero attached hydrogens (tertiary/aromatic N) is 2. The van der Waals surface area contributed by atoms with E-state index in [9.17, 15) is 13.5 Å². The number of rotatable bonds is 11. The molecule has 176 valence electrons. The van der Waals surface area contributed by atoms with Crippen molar-refractivity contribution in [2.75, 3.05) is 50.8 Å². The number of hydrogen-bond acceptors (Lipinski definition) is 7. The van der Waals surface area contributed by atoms with Gasteiger partial charge in [-0.3, -0.25) is 4.90 Å². The van der Waals surface area contributed by atoms with Crippen molar-refractivity contribution < 1.29 is 23.0 Å². The Balaban J connectivity index is 2.03. The summed E-state index contributed by atoms with van der Waals surface area (Å²) in [7, 11) is -4.09. The molecule has 2 aromatic rings. The molecule has 0 spiro atoms. The summed E-state index contributed by atoms with van der Waals surface area (Å²) in [6.07, 6.45) is 1.92. The van der Waals surface area contributed by atoms with Crippen LogP contribution < -0.4 is 14.8 Å². The van der Waals surface area contributed by atoms with E-state index in [1.165, 1.54) is 6.07 Å². The second-order valence-corrected chi connectivity index (χ2v) is 9.38. The van der Waals surface area contributed by atoms with Gasteiger partial charge < -0.3 is 19.5 Å². The first-order valence-electron chi connectivity index (χ1n) is 11.0. The van der Waals surface area contributed by atoms with Gasteiger partial charge in [-0.2, -0.15) is 0 Å². The zero-order valence-electron chi connectivity index (χ0n) is 18.6. The molecule has 9 heteroatoms. The van der Waals surface area contributed by atoms with Crippen LogP contribution in [0.15, 0.2) is 47.4 Å². The lowest BCUT2D eigenvalue weighted by Gasteiger charge is -2.32. The average molecular weight is 464 g/mol. The van der Waals surface area contributed by atoms with Crippen LogP contribution in [0.3, 0.4) is 0 Å². The van der Waals surface area contributed by atoms with E-state index < -0.39 is 10.0 Å². The van der Waals surface area contributed by atoms with Crippen molar-refractivity contribution >= 4 is 15.7 Å². The topological polar surface area (TPSA) is 105 Å². The number of para-hydroxylation sites is 1. The maximum Gasteiger partial charge on any atom is 0.241 e. The summed E-state index contributed by atoms with van der Waals surface area (Å²) in [4.78, 5) is 4.33. The number of nitrogens with two attached hydrogens (primary N) is 1. The van der Waals surface area contributed by atoms with Crippen molar-refractivity contribution in [3.63, 3.8) is 0 Å². The summed E-state index contributed by atoms with van der Waals surface area (Å²) in [6, 6.07) is 12.2. The summed E-state index contributed by atoms with van der Waals surface area (Å²) in [6.45, 7) is 7.20. The quantitative estimate of drug-likeness (QED) is 0.528. The SMILES string of the molecule is CCCCN(CCN1CCOCC1)c1cc(CO)cc(S(N)(=O)=O)c1Oc1ccccc1. The molecular formula is C23H33N3O5S. The van der Waals surface area contributed by atoms with Crippen molar-refractivity contribution in [3.05, 3.63) is 48.0 Å². The van der Waals surface area contributed by atoms with Gasteiger partial charge in [-0.05, 0) is 36.2 Å². The third kappa shape index (κ3) is 6.66. The molecule has 0 aromatic heterocycles. The molecule has 0 radical (unpaired) electrons. The molecule has 0 amide bonds. The van der Waals surface area contributed by atoms with Crippen LogP contribution >= 0.6 is 0 Å². The third-order valence-corrected chi connectivity index (χ3v) is 6.38. The predicted octanol–water partition coefficient (Wildman–Crippen LogP) is 2.56. The summed E-state index contributed by atoms with van der Waals surface area (Å²) in [5, 5.41) is 15.4. The van der Waals surface area contributed by atoms with Crippen molar-refractivity contribution in [1.82, 2.24) is 4.90 Å². The van der Waals surface area contributed by atoms with E-state index in [4.69, 9.17) is 14.6 Å². The molecule has 32 heavy (non-hydrogen) atoms. The van der Waals surface area contributed by atoms with Crippen LogP contribution in [0.4, 0.5) is 5.69 Å². The maximum atomic E-state index is 12.5. The van der Waals surface area contributed by atoms with Gasteiger partial charge >= 0.3 is 0 Å². The van der Waals surface area contributed by atoms with Gasteiger partial charge in [-0.1, -0.05) is 31.5 Å². The van der Waals surface area contributed by atoms with Crippen LogP contribution in [0.25, 0.3) is 0 Å². The standard InChI is InChI=1S/C23H33N3O5S/c1-2-3-9-26(11-10-25-12-14-30-15-13-25)21-16-19(18-27)17-22(32(24,28)29)23(21)31-20-7-5-4-6-8-20/h4-8,16-17,27H,2-3,9-15,18H2,1H3,(H2,24,28,29). The molecule has 1 heterocycles. The first-order chi connectivity index (χ1) is 15.4. The summed E-state index contributed by atoms with van der Waals surface area (Å²) < 4.78 is 36.5. The summed E-state index contributed by atoms with van der Waals surface area (Å²) in [5.74, 6) is 0.702. The Morgan fingerprint density at radius 1 is 1.16 bits per heavy atom. The van der Waals surface area contributed by atoms with Crippen LogP contribution in [0, 0.1) is 0 Å². The minimum Gasteiger partial charge on any atom is -0.454 e. The normalized spacial score (nSPS) is 15.0. The Hall–Kier alpha value is -2.17. The number of aliphatic hydroxyl groups is 1. The van der Waals surface area contributed by atoms with Crippen molar-refractivity contribution in [2.45, 2.75) is 31.3 Å². The van der Waals surface area contributed by atoms with Gasteiger partial charge in [0.2, 0.25) is 10.0 Å². The average Bonchev–Trinajstić information content (AvgIpc) is 2.80. The van der Waals surface area contributed by atoms with Crippen LogP contribution in [-0.4, -0.2) is 64.4 Å². The highest BCUT2D eigenvalue weighted by Gasteiger charge is 2.25. The zero-order valence-corrected chi connectivity index (χ0v) is 19.4. The molecule has 2 aromatic carbocycles. The highest BCUT2D eigenvalue weighted by atomic mass is 32.2. The highest BCUT2D eigenvalue weighted by Crippen LogP contribution is 2.39. The Labute approximate surface area is 190 Å². The molecule has 0 atom stereocenters. The van der Waals surface area contributed by atoms with Gasteiger partial charge in [0.1, 0.15) is 10.6 Å². The molecule has 1 aliphatic rings. The summed E-state index contributed by atoms with van der Waals surface area (Å²) >= 11 is 0. The van der Waals surface area contributed by atoms with E-state index in [1.807, 2.05) is 18.2 Å². The van der Waals surface area contributed by atoms with E-state index in [0.717, 1.165) is 39.0 Å². The van der Waals surface area contributed by atoms with Crippen molar-refractivity contribution in [2.24, 2.45) is 5.14 Å². The number of morpholine rings is 1. The number of hydrogen-bond donors (Lipinski definition) is 2. The fraction of sp³-hybridized carbons (Fsp3) is 0.478. The molecule has 0 aliphatic carbocycles. The molecule has 1 saturated heterocycles. The summed E-state index contributed by atoms with van der Waals surface area (Å²) in [5.41, 5.74) is 1.09. The zero-order chi connectivity index (χ0) is 23.0. The number of sulfonamides is 1. The number of unbranched alkanes of at least 4 members (excludes halogenated alkanes) is 1. The van der Waals surface area contributed by atoms with E-state index in [1.54, 1.807) is 18.2 Å². The molecule has 1 fully saturated rings. The monoisotopic (exact) mass is 463 g/mol. The second-order valence-electron chi connectivity index (χ2n) is 7.86. The number of ether oxygens (including phenoxy) is 2. The van der Waals surface area contributed by atoms with Gasteiger partial charge in [0.05, 0.1) is 25.5 Å². The number of benzene rings is 2.